The number of benzene rings is 3. The molecule has 0 saturated heterocycles. The van der Waals surface area contributed by atoms with Crippen molar-refractivity contribution < 1.29 is 17.9 Å². The van der Waals surface area contributed by atoms with Gasteiger partial charge in [0.05, 0.1) is 0 Å². The fourth-order valence-electron chi connectivity index (χ4n) is 3.20. The van der Waals surface area contributed by atoms with Crippen molar-refractivity contribution in [3.8, 4) is 17.0 Å². The van der Waals surface area contributed by atoms with Crippen LogP contribution in [0.2, 0.25) is 0 Å². The topological polar surface area (TPSA) is 42.1 Å². The monoisotopic (exact) mass is 395 g/mol. The third-order valence-corrected chi connectivity index (χ3v) is 4.57. The van der Waals surface area contributed by atoms with E-state index in [2.05, 4.69) is 9.72 Å². The van der Waals surface area contributed by atoms with E-state index in [4.69, 9.17) is 0 Å². The van der Waals surface area contributed by atoms with Crippen LogP contribution in [0.3, 0.4) is 0 Å². The second-order valence-corrected chi connectivity index (χ2v) is 6.66. The summed E-state index contributed by atoms with van der Waals surface area (Å²) in [7, 11) is 0. The summed E-state index contributed by atoms with van der Waals surface area (Å²) in [6, 6.07) is 22.4. The normalized spacial score (nSPS) is 11.6. The van der Waals surface area contributed by atoms with Gasteiger partial charge in [-0.2, -0.15) is 0 Å². The van der Waals surface area contributed by atoms with Gasteiger partial charge in [0.15, 0.2) is 5.43 Å². The Kier molecular flexibility index (Phi) is 4.84. The maximum absolute atomic E-state index is 12.3. The molecule has 4 rings (SSSR count). The fourth-order valence-corrected chi connectivity index (χ4v) is 3.20. The molecule has 6 heteroatoms. The number of alkyl halides is 3. The van der Waals surface area contributed by atoms with Gasteiger partial charge in [0.25, 0.3) is 0 Å². The smallest absolute Gasteiger partial charge is 0.406 e. The number of aromatic amines is 1. The quantitative estimate of drug-likeness (QED) is 0.483. The highest BCUT2D eigenvalue weighted by Crippen LogP contribution is 2.24. The number of aromatic nitrogens is 1. The number of rotatable bonds is 4. The molecule has 4 aromatic rings. The molecule has 0 amide bonds. The van der Waals surface area contributed by atoms with Gasteiger partial charge in [-0.25, -0.2) is 0 Å². The highest BCUT2D eigenvalue weighted by molar-refractivity contribution is 5.81. The third kappa shape index (κ3) is 4.48. The summed E-state index contributed by atoms with van der Waals surface area (Å²) in [6.07, 6.45) is -4.12. The summed E-state index contributed by atoms with van der Waals surface area (Å²) in [5.74, 6) is -0.239. The highest BCUT2D eigenvalue weighted by Gasteiger charge is 2.30. The molecule has 1 heterocycles. The Bertz CT molecular complexity index is 1190. The van der Waals surface area contributed by atoms with Crippen molar-refractivity contribution in [1.82, 2.24) is 4.98 Å². The molecule has 0 aliphatic carbocycles. The lowest BCUT2D eigenvalue weighted by Crippen LogP contribution is -2.17. The van der Waals surface area contributed by atoms with E-state index >= 15 is 0 Å². The van der Waals surface area contributed by atoms with Crippen molar-refractivity contribution in [2.75, 3.05) is 0 Å². The van der Waals surface area contributed by atoms with Gasteiger partial charge in [0.2, 0.25) is 0 Å². The van der Waals surface area contributed by atoms with Gasteiger partial charge in [0.1, 0.15) is 5.75 Å². The molecule has 0 atom stereocenters. The van der Waals surface area contributed by atoms with Crippen molar-refractivity contribution in [1.29, 1.82) is 0 Å². The zero-order valence-corrected chi connectivity index (χ0v) is 15.2. The molecular weight excluding hydrogens is 379 g/mol. The standard InChI is InChI=1S/C23H16F3NO2/c24-23(25,26)29-18-11-7-16(8-12-18)13-15-5-9-17(10-6-15)21-14-22(28)19-3-1-2-4-20(19)27-21/h1-12,14H,13H2,(H,27,28). The van der Waals surface area contributed by atoms with Gasteiger partial charge in [-0.15, -0.1) is 13.2 Å². The number of H-pyrrole nitrogens is 1. The largest absolute Gasteiger partial charge is 0.573 e. The number of hydrogen-bond donors (Lipinski definition) is 1. The van der Waals surface area contributed by atoms with Crippen LogP contribution in [0.5, 0.6) is 5.75 Å². The molecular formula is C23H16F3NO2. The van der Waals surface area contributed by atoms with E-state index in [1.807, 2.05) is 42.5 Å². The Hall–Kier alpha value is -3.54. The molecule has 0 aliphatic rings. The first-order valence-corrected chi connectivity index (χ1v) is 8.93. The Labute approximate surface area is 164 Å². The zero-order chi connectivity index (χ0) is 20.4. The molecule has 0 spiro atoms. The summed E-state index contributed by atoms with van der Waals surface area (Å²) in [4.78, 5) is 15.6. The van der Waals surface area contributed by atoms with Crippen molar-refractivity contribution >= 4 is 10.9 Å². The minimum absolute atomic E-state index is 0.0420. The molecule has 1 N–H and O–H groups in total. The maximum Gasteiger partial charge on any atom is 0.573 e. The molecule has 146 valence electrons. The molecule has 3 aromatic carbocycles. The Balaban J connectivity index is 1.52. The third-order valence-electron chi connectivity index (χ3n) is 4.57. The number of fused-ring (bicyclic) bond motifs is 1. The second-order valence-electron chi connectivity index (χ2n) is 6.66. The molecule has 3 nitrogen and oxygen atoms in total. The van der Waals surface area contributed by atoms with Crippen LogP contribution >= 0.6 is 0 Å². The highest BCUT2D eigenvalue weighted by atomic mass is 19.4. The molecule has 0 unspecified atom stereocenters. The van der Waals surface area contributed by atoms with Crippen LogP contribution in [0.15, 0.2) is 83.7 Å². The number of pyridine rings is 1. The van der Waals surface area contributed by atoms with E-state index in [0.717, 1.165) is 27.9 Å². The summed E-state index contributed by atoms with van der Waals surface area (Å²) < 4.78 is 40.6. The van der Waals surface area contributed by atoms with Crippen LogP contribution in [0.1, 0.15) is 11.1 Å². The van der Waals surface area contributed by atoms with Gasteiger partial charge in [-0.3, -0.25) is 4.79 Å². The van der Waals surface area contributed by atoms with Crippen LogP contribution in [0, 0.1) is 0 Å². The summed E-state index contributed by atoms with van der Waals surface area (Å²) in [6.45, 7) is 0. The van der Waals surface area contributed by atoms with Crippen molar-refractivity contribution in [3.05, 3.63) is 100 Å². The fraction of sp³-hybridized carbons (Fsp3) is 0.0870. The first-order valence-electron chi connectivity index (χ1n) is 8.93. The van der Waals surface area contributed by atoms with E-state index in [1.54, 1.807) is 24.3 Å². The lowest BCUT2D eigenvalue weighted by Gasteiger charge is -2.10. The predicted molar refractivity (Wildman–Crippen MR) is 106 cm³/mol. The van der Waals surface area contributed by atoms with E-state index in [0.29, 0.717) is 11.8 Å². The van der Waals surface area contributed by atoms with Crippen LogP contribution in [-0.4, -0.2) is 11.3 Å². The molecule has 0 aliphatic heterocycles. The number of para-hydroxylation sites is 1. The van der Waals surface area contributed by atoms with Gasteiger partial charge < -0.3 is 9.72 Å². The molecule has 0 bridgehead atoms. The SMILES string of the molecule is O=c1cc(-c2ccc(Cc3ccc(OC(F)(F)F)cc3)cc2)[nH]c2ccccc12. The summed E-state index contributed by atoms with van der Waals surface area (Å²) >= 11 is 0. The van der Waals surface area contributed by atoms with Crippen molar-refractivity contribution in [2.45, 2.75) is 12.8 Å². The average Bonchev–Trinajstić information content (AvgIpc) is 2.69. The number of halogens is 3. The first-order chi connectivity index (χ1) is 13.9. The zero-order valence-electron chi connectivity index (χ0n) is 15.2. The second kappa shape index (κ2) is 7.47. The minimum Gasteiger partial charge on any atom is -0.406 e. The van der Waals surface area contributed by atoms with E-state index in [1.165, 1.54) is 12.1 Å². The Morgan fingerprint density at radius 1 is 0.828 bits per heavy atom. The lowest BCUT2D eigenvalue weighted by atomic mass is 10.0. The number of ether oxygens (including phenoxy) is 1. The number of hydrogen-bond acceptors (Lipinski definition) is 2. The van der Waals surface area contributed by atoms with Crippen molar-refractivity contribution in [3.63, 3.8) is 0 Å². The predicted octanol–water partition coefficient (Wildman–Crippen LogP) is 5.68. The van der Waals surface area contributed by atoms with Gasteiger partial charge in [-0.05, 0) is 47.4 Å². The van der Waals surface area contributed by atoms with E-state index in [-0.39, 0.29) is 11.2 Å². The first kappa shape index (κ1) is 18.8. The van der Waals surface area contributed by atoms with Crippen LogP contribution < -0.4 is 10.2 Å². The lowest BCUT2D eigenvalue weighted by molar-refractivity contribution is -0.274. The summed E-state index contributed by atoms with van der Waals surface area (Å²) in [5, 5.41) is 0.644. The molecule has 0 radical (unpaired) electrons. The van der Waals surface area contributed by atoms with Gasteiger partial charge in [-0.1, -0.05) is 48.5 Å². The number of nitrogens with one attached hydrogen (secondary N) is 1. The maximum atomic E-state index is 12.3. The van der Waals surface area contributed by atoms with Gasteiger partial charge >= 0.3 is 6.36 Å². The van der Waals surface area contributed by atoms with E-state index in [9.17, 15) is 18.0 Å². The van der Waals surface area contributed by atoms with Crippen LogP contribution in [-0.2, 0) is 6.42 Å². The molecule has 0 fully saturated rings. The van der Waals surface area contributed by atoms with Crippen molar-refractivity contribution in [2.24, 2.45) is 0 Å². The van der Waals surface area contributed by atoms with E-state index < -0.39 is 6.36 Å². The van der Waals surface area contributed by atoms with Gasteiger partial charge in [0, 0.05) is 22.7 Å². The molecule has 1 aromatic heterocycles. The Morgan fingerprint density at radius 3 is 2.10 bits per heavy atom. The summed E-state index contributed by atoms with van der Waals surface area (Å²) in [5.41, 5.74) is 4.21. The van der Waals surface area contributed by atoms with Crippen LogP contribution in [0.4, 0.5) is 13.2 Å². The molecule has 29 heavy (non-hydrogen) atoms. The molecule has 0 saturated carbocycles. The van der Waals surface area contributed by atoms with Crippen LogP contribution in [0.25, 0.3) is 22.2 Å². The minimum atomic E-state index is -4.69. The Morgan fingerprint density at radius 2 is 1.45 bits per heavy atom. The average molecular weight is 395 g/mol.